The van der Waals surface area contributed by atoms with E-state index in [1.165, 1.54) is 6.08 Å². The van der Waals surface area contributed by atoms with Crippen molar-refractivity contribution in [3.63, 3.8) is 0 Å². The summed E-state index contributed by atoms with van der Waals surface area (Å²) in [6.45, 7) is 6.95. The molecule has 21 heavy (non-hydrogen) atoms. The Morgan fingerprint density at radius 1 is 1.33 bits per heavy atom. The van der Waals surface area contributed by atoms with Gasteiger partial charge in [-0.3, -0.25) is 4.79 Å². The topological polar surface area (TPSA) is 55.4 Å². The van der Waals surface area contributed by atoms with Crippen LogP contribution < -0.4 is 5.32 Å². The first kappa shape index (κ1) is 17.4. The van der Waals surface area contributed by atoms with E-state index in [-0.39, 0.29) is 5.91 Å². The van der Waals surface area contributed by atoms with Crippen molar-refractivity contribution < 1.29 is 14.3 Å². The Labute approximate surface area is 133 Å². The number of benzene rings is 1. The van der Waals surface area contributed by atoms with Gasteiger partial charge in [0.25, 0.3) is 0 Å². The molecule has 1 N–H and O–H groups in total. The molecule has 0 saturated carbocycles. The number of amides is 1. The first-order chi connectivity index (χ1) is 9.67. The third-order valence-electron chi connectivity index (χ3n) is 2.39. The predicted octanol–water partition coefficient (Wildman–Crippen LogP) is 3.31. The van der Waals surface area contributed by atoms with Gasteiger partial charge in [-0.25, -0.2) is 4.79 Å². The third kappa shape index (κ3) is 7.09. The van der Waals surface area contributed by atoms with Crippen molar-refractivity contribution in [1.82, 2.24) is 5.32 Å². The highest BCUT2D eigenvalue weighted by molar-refractivity contribution is 9.10. The van der Waals surface area contributed by atoms with Crippen molar-refractivity contribution in [1.29, 1.82) is 0 Å². The lowest BCUT2D eigenvalue weighted by atomic mass is 10.2. The highest BCUT2D eigenvalue weighted by atomic mass is 79.9. The third-order valence-corrected chi connectivity index (χ3v) is 2.89. The van der Waals surface area contributed by atoms with Crippen LogP contribution in [0.15, 0.2) is 34.8 Å². The average Bonchev–Trinajstić information content (AvgIpc) is 2.34. The predicted molar refractivity (Wildman–Crippen MR) is 86.6 cm³/mol. The van der Waals surface area contributed by atoms with Crippen LogP contribution in [0.25, 0.3) is 6.08 Å². The molecular weight excluding hydrogens is 334 g/mol. The molecule has 5 heteroatoms. The Bertz CT molecular complexity index is 547. The number of ether oxygens (including phenoxy) is 1. The molecule has 1 rings (SSSR count). The fourth-order valence-electron chi connectivity index (χ4n) is 1.49. The van der Waals surface area contributed by atoms with Gasteiger partial charge in [0.15, 0.2) is 0 Å². The van der Waals surface area contributed by atoms with Crippen LogP contribution in [-0.2, 0) is 14.3 Å². The molecule has 114 valence electrons. The van der Waals surface area contributed by atoms with Crippen LogP contribution in [-0.4, -0.2) is 23.5 Å². The Balaban J connectivity index is 2.55. The maximum absolute atomic E-state index is 11.8. The zero-order chi connectivity index (χ0) is 16.0. The van der Waals surface area contributed by atoms with Gasteiger partial charge in [-0.15, -0.1) is 0 Å². The molecule has 1 amide bonds. The van der Waals surface area contributed by atoms with Gasteiger partial charge >= 0.3 is 5.97 Å². The summed E-state index contributed by atoms with van der Waals surface area (Å²) < 4.78 is 6.13. The van der Waals surface area contributed by atoms with Crippen molar-refractivity contribution >= 4 is 33.9 Å². The largest absolute Gasteiger partial charge is 0.458 e. The zero-order valence-electron chi connectivity index (χ0n) is 12.6. The van der Waals surface area contributed by atoms with E-state index in [4.69, 9.17) is 4.74 Å². The van der Waals surface area contributed by atoms with Gasteiger partial charge in [0.2, 0.25) is 5.91 Å². The summed E-state index contributed by atoms with van der Waals surface area (Å²) in [6.07, 6.45) is 3.07. The smallest absolute Gasteiger partial charge is 0.328 e. The molecular formula is C16H20BrNO3. The highest BCUT2D eigenvalue weighted by Gasteiger charge is 2.22. The minimum absolute atomic E-state index is 0.340. The molecule has 0 heterocycles. The van der Waals surface area contributed by atoms with E-state index in [1.807, 2.05) is 24.3 Å². The van der Waals surface area contributed by atoms with Crippen LogP contribution in [0.2, 0.25) is 0 Å². The Morgan fingerprint density at radius 2 is 2.00 bits per heavy atom. The second kappa shape index (κ2) is 7.41. The summed E-state index contributed by atoms with van der Waals surface area (Å²) in [7, 11) is 0. The van der Waals surface area contributed by atoms with E-state index in [2.05, 4.69) is 21.2 Å². The molecule has 1 aromatic carbocycles. The van der Waals surface area contributed by atoms with Crippen LogP contribution >= 0.6 is 15.9 Å². The minimum atomic E-state index is -0.691. The van der Waals surface area contributed by atoms with Crippen molar-refractivity contribution in [2.24, 2.45) is 0 Å². The van der Waals surface area contributed by atoms with E-state index >= 15 is 0 Å². The lowest BCUT2D eigenvalue weighted by molar-refractivity contribution is -0.157. The molecule has 0 aliphatic heterocycles. The van der Waals surface area contributed by atoms with Crippen LogP contribution in [0.3, 0.4) is 0 Å². The summed E-state index contributed by atoms with van der Waals surface area (Å²) >= 11 is 3.36. The van der Waals surface area contributed by atoms with Gasteiger partial charge in [-0.2, -0.15) is 0 Å². The van der Waals surface area contributed by atoms with Crippen LogP contribution in [0, 0.1) is 0 Å². The summed E-state index contributed by atoms with van der Waals surface area (Å²) in [5.41, 5.74) is 0.326. The molecule has 0 unspecified atom stereocenters. The van der Waals surface area contributed by atoms with Crippen molar-refractivity contribution in [3.05, 3.63) is 40.4 Å². The lowest BCUT2D eigenvalue weighted by Gasteiger charge is -2.22. The van der Waals surface area contributed by atoms with Gasteiger partial charge in [0, 0.05) is 10.5 Å². The van der Waals surface area contributed by atoms with E-state index in [0.717, 1.165) is 10.0 Å². The second-order valence-corrected chi connectivity index (χ2v) is 6.57. The lowest BCUT2D eigenvalue weighted by Crippen LogP contribution is -2.41. The molecule has 0 aromatic heterocycles. The number of hydrogen-bond acceptors (Lipinski definition) is 3. The molecule has 0 bridgehead atoms. The van der Waals surface area contributed by atoms with Crippen LogP contribution in [0.4, 0.5) is 0 Å². The molecule has 4 nitrogen and oxygen atoms in total. The summed E-state index contributed by atoms with van der Waals surface area (Å²) in [5, 5.41) is 2.58. The monoisotopic (exact) mass is 353 g/mol. The fraction of sp³-hybridized carbons (Fsp3) is 0.375. The standard InChI is InChI=1S/C16H20BrNO3/c1-11(15(20)21-16(2,3)4)18-14(19)9-8-12-6-5-7-13(17)10-12/h5-11H,1-4H3,(H,18,19)/b9-8+/t11-/m1/s1. The first-order valence-electron chi connectivity index (χ1n) is 6.64. The van der Waals surface area contributed by atoms with Crippen LogP contribution in [0.1, 0.15) is 33.3 Å². The molecule has 0 saturated heterocycles. The minimum Gasteiger partial charge on any atom is -0.458 e. The quantitative estimate of drug-likeness (QED) is 0.667. The molecule has 0 spiro atoms. The fourth-order valence-corrected chi connectivity index (χ4v) is 1.91. The molecule has 0 radical (unpaired) electrons. The summed E-state index contributed by atoms with van der Waals surface area (Å²) in [6, 6.07) is 6.86. The molecule has 1 atom stereocenters. The second-order valence-electron chi connectivity index (χ2n) is 5.65. The van der Waals surface area contributed by atoms with Gasteiger partial charge in [-0.05, 0) is 51.5 Å². The number of esters is 1. The normalized spacial score (nSPS) is 13.0. The maximum atomic E-state index is 11.8. The van der Waals surface area contributed by atoms with E-state index in [1.54, 1.807) is 33.8 Å². The van der Waals surface area contributed by atoms with Gasteiger partial charge in [0.05, 0.1) is 0 Å². The summed E-state index contributed by atoms with van der Waals surface area (Å²) in [4.78, 5) is 23.5. The zero-order valence-corrected chi connectivity index (χ0v) is 14.2. The van der Waals surface area contributed by atoms with E-state index < -0.39 is 17.6 Å². The van der Waals surface area contributed by atoms with Crippen molar-refractivity contribution in [2.75, 3.05) is 0 Å². The number of halogens is 1. The van der Waals surface area contributed by atoms with E-state index in [0.29, 0.717) is 0 Å². The first-order valence-corrected chi connectivity index (χ1v) is 7.44. The average molecular weight is 354 g/mol. The number of nitrogens with one attached hydrogen (secondary N) is 1. The van der Waals surface area contributed by atoms with Gasteiger partial charge in [-0.1, -0.05) is 28.1 Å². The number of hydrogen-bond donors (Lipinski definition) is 1. The molecule has 1 aromatic rings. The number of carbonyl (C=O) groups excluding carboxylic acids is 2. The number of carbonyl (C=O) groups is 2. The molecule has 0 aliphatic carbocycles. The Hall–Kier alpha value is -1.62. The maximum Gasteiger partial charge on any atom is 0.328 e. The Kier molecular flexibility index (Phi) is 6.15. The summed E-state index contributed by atoms with van der Waals surface area (Å²) in [5.74, 6) is -0.792. The van der Waals surface area contributed by atoms with E-state index in [9.17, 15) is 9.59 Å². The van der Waals surface area contributed by atoms with Gasteiger partial charge in [0.1, 0.15) is 11.6 Å². The van der Waals surface area contributed by atoms with Crippen LogP contribution in [0.5, 0.6) is 0 Å². The van der Waals surface area contributed by atoms with Crippen molar-refractivity contribution in [3.8, 4) is 0 Å². The van der Waals surface area contributed by atoms with Crippen molar-refractivity contribution in [2.45, 2.75) is 39.3 Å². The molecule has 0 aliphatic rings. The number of rotatable bonds is 4. The molecule has 0 fully saturated rings. The SMILES string of the molecule is C[C@@H](NC(=O)/C=C/c1cccc(Br)c1)C(=O)OC(C)(C)C. The Morgan fingerprint density at radius 3 is 2.57 bits per heavy atom. The van der Waals surface area contributed by atoms with Gasteiger partial charge < -0.3 is 10.1 Å². The highest BCUT2D eigenvalue weighted by Crippen LogP contribution is 2.12.